The van der Waals surface area contributed by atoms with Crippen LogP contribution in [0.5, 0.6) is 5.75 Å². The smallest absolute Gasteiger partial charge is 0.325 e. The van der Waals surface area contributed by atoms with Crippen molar-refractivity contribution in [1.29, 1.82) is 0 Å². The normalized spacial score (nSPS) is 16.1. The molecule has 1 aromatic rings. The molecule has 0 fully saturated rings. The molecule has 0 aromatic heterocycles. The van der Waals surface area contributed by atoms with E-state index in [1.54, 1.807) is 12.1 Å². The van der Waals surface area contributed by atoms with Gasteiger partial charge >= 0.3 is 5.97 Å². The van der Waals surface area contributed by atoms with E-state index in [1.807, 2.05) is 0 Å². The average Bonchev–Trinajstić information content (AvgIpc) is 2.27. The highest BCUT2D eigenvalue weighted by molar-refractivity contribution is 9.10. The number of benzene rings is 1. The van der Waals surface area contributed by atoms with Crippen LogP contribution in [0.1, 0.15) is 17.2 Å². The maximum Gasteiger partial charge on any atom is 0.325 e. The van der Waals surface area contributed by atoms with E-state index in [2.05, 4.69) is 15.9 Å². The van der Waals surface area contributed by atoms with Crippen LogP contribution >= 0.6 is 15.9 Å². The van der Waals surface area contributed by atoms with Gasteiger partial charge in [-0.3, -0.25) is 4.79 Å². The third kappa shape index (κ3) is 2.04. The van der Waals surface area contributed by atoms with Crippen molar-refractivity contribution in [3.63, 3.8) is 0 Å². The summed E-state index contributed by atoms with van der Waals surface area (Å²) in [5, 5.41) is 8.85. The van der Waals surface area contributed by atoms with Gasteiger partial charge in [-0.05, 0) is 17.7 Å². The molecule has 1 aliphatic heterocycles. The van der Waals surface area contributed by atoms with Crippen molar-refractivity contribution < 1.29 is 19.4 Å². The summed E-state index contributed by atoms with van der Waals surface area (Å²) in [6.45, 7) is 0.632. The number of hydrogen-bond acceptors (Lipinski definition) is 4. The highest BCUT2D eigenvalue weighted by Crippen LogP contribution is 2.32. The molecule has 1 heterocycles. The first-order valence-electron chi connectivity index (χ1n) is 4.61. The summed E-state index contributed by atoms with van der Waals surface area (Å²) in [6, 6.07) is 2.35. The van der Waals surface area contributed by atoms with E-state index in [0.717, 1.165) is 5.56 Å². The number of carboxylic acid groups (broad SMARTS) is 1. The Kier molecular flexibility index (Phi) is 3.13. The van der Waals surface area contributed by atoms with Crippen LogP contribution in [0, 0.1) is 0 Å². The SMILES string of the molecule is NC(C(=O)O)c1cc2c(cc1Br)COCO2. The van der Waals surface area contributed by atoms with E-state index >= 15 is 0 Å². The van der Waals surface area contributed by atoms with Gasteiger partial charge in [-0.25, -0.2) is 0 Å². The van der Waals surface area contributed by atoms with Crippen LogP contribution in [0.2, 0.25) is 0 Å². The largest absolute Gasteiger partial charge is 0.480 e. The molecule has 0 spiro atoms. The predicted molar refractivity (Wildman–Crippen MR) is 59.0 cm³/mol. The maximum atomic E-state index is 10.8. The Hall–Kier alpha value is -1.11. The minimum absolute atomic E-state index is 0.177. The van der Waals surface area contributed by atoms with Crippen LogP contribution in [-0.2, 0) is 16.1 Å². The Morgan fingerprint density at radius 2 is 2.31 bits per heavy atom. The van der Waals surface area contributed by atoms with Gasteiger partial charge in [0.15, 0.2) is 6.79 Å². The number of nitrogens with two attached hydrogens (primary N) is 1. The zero-order valence-corrected chi connectivity index (χ0v) is 9.86. The van der Waals surface area contributed by atoms with E-state index in [4.69, 9.17) is 20.3 Å². The molecule has 0 saturated carbocycles. The van der Waals surface area contributed by atoms with Crippen molar-refractivity contribution in [1.82, 2.24) is 0 Å². The minimum Gasteiger partial charge on any atom is -0.480 e. The fourth-order valence-electron chi connectivity index (χ4n) is 1.49. The lowest BCUT2D eigenvalue weighted by atomic mass is 10.0. The average molecular weight is 288 g/mol. The Morgan fingerprint density at radius 1 is 1.56 bits per heavy atom. The molecule has 1 unspecified atom stereocenters. The van der Waals surface area contributed by atoms with E-state index in [1.165, 1.54) is 0 Å². The first-order valence-corrected chi connectivity index (χ1v) is 5.40. The summed E-state index contributed by atoms with van der Waals surface area (Å²) in [5.41, 5.74) is 6.92. The molecule has 0 radical (unpaired) electrons. The van der Waals surface area contributed by atoms with Crippen molar-refractivity contribution in [2.24, 2.45) is 5.73 Å². The standard InChI is InChI=1S/C10H10BrNO4/c11-7-1-5-3-15-4-16-8(5)2-6(7)9(12)10(13)14/h1-2,9H,3-4,12H2,(H,13,14). The molecule has 0 aliphatic carbocycles. The van der Waals surface area contributed by atoms with Gasteiger partial charge in [0.1, 0.15) is 11.8 Å². The topological polar surface area (TPSA) is 81.8 Å². The van der Waals surface area contributed by atoms with E-state index in [0.29, 0.717) is 22.4 Å². The summed E-state index contributed by atoms with van der Waals surface area (Å²) >= 11 is 3.29. The maximum absolute atomic E-state index is 10.8. The van der Waals surface area contributed by atoms with Crippen LogP contribution in [0.25, 0.3) is 0 Å². The van der Waals surface area contributed by atoms with Gasteiger partial charge in [0.05, 0.1) is 6.61 Å². The number of rotatable bonds is 2. The van der Waals surface area contributed by atoms with E-state index < -0.39 is 12.0 Å². The molecule has 2 rings (SSSR count). The van der Waals surface area contributed by atoms with E-state index in [-0.39, 0.29) is 6.79 Å². The third-order valence-electron chi connectivity index (χ3n) is 2.34. The Balaban J connectivity index is 2.43. The monoisotopic (exact) mass is 287 g/mol. The van der Waals surface area contributed by atoms with Crippen molar-refractivity contribution in [3.8, 4) is 5.75 Å². The van der Waals surface area contributed by atoms with Gasteiger partial charge in [0, 0.05) is 10.0 Å². The van der Waals surface area contributed by atoms with Gasteiger partial charge < -0.3 is 20.3 Å². The summed E-state index contributed by atoms with van der Waals surface area (Å²) in [5.74, 6) is -0.450. The Bertz CT molecular complexity index is 435. The molecule has 16 heavy (non-hydrogen) atoms. The third-order valence-corrected chi connectivity index (χ3v) is 3.02. The quantitative estimate of drug-likeness (QED) is 0.859. The van der Waals surface area contributed by atoms with Gasteiger partial charge in [-0.15, -0.1) is 0 Å². The molecule has 1 aromatic carbocycles. The lowest BCUT2D eigenvalue weighted by molar-refractivity contribution is -0.138. The van der Waals surface area contributed by atoms with Crippen molar-refractivity contribution in [2.45, 2.75) is 12.6 Å². The van der Waals surface area contributed by atoms with Gasteiger partial charge in [0.2, 0.25) is 0 Å². The molecule has 5 nitrogen and oxygen atoms in total. The zero-order chi connectivity index (χ0) is 11.7. The molecular weight excluding hydrogens is 278 g/mol. The molecule has 6 heteroatoms. The summed E-state index contributed by atoms with van der Waals surface area (Å²) in [7, 11) is 0. The molecular formula is C10H10BrNO4. The second-order valence-corrected chi connectivity index (χ2v) is 4.26. The fourth-order valence-corrected chi connectivity index (χ4v) is 2.12. The fraction of sp³-hybridized carbons (Fsp3) is 0.300. The second-order valence-electron chi connectivity index (χ2n) is 3.41. The van der Waals surface area contributed by atoms with Gasteiger partial charge in [-0.1, -0.05) is 15.9 Å². The molecule has 1 atom stereocenters. The Morgan fingerprint density at radius 3 is 3.00 bits per heavy atom. The lowest BCUT2D eigenvalue weighted by Crippen LogP contribution is -2.22. The number of ether oxygens (including phenoxy) is 2. The van der Waals surface area contributed by atoms with Crippen LogP contribution in [0.4, 0.5) is 0 Å². The van der Waals surface area contributed by atoms with Gasteiger partial charge in [0.25, 0.3) is 0 Å². The van der Waals surface area contributed by atoms with Crippen LogP contribution in [0.3, 0.4) is 0 Å². The predicted octanol–water partition coefficient (Wildman–Crippen LogP) is 1.40. The van der Waals surface area contributed by atoms with Crippen LogP contribution in [-0.4, -0.2) is 17.9 Å². The highest BCUT2D eigenvalue weighted by atomic mass is 79.9. The highest BCUT2D eigenvalue weighted by Gasteiger charge is 2.21. The number of aliphatic carboxylic acids is 1. The molecule has 0 saturated heterocycles. The number of halogens is 1. The summed E-state index contributed by atoms with van der Waals surface area (Å²) in [4.78, 5) is 10.8. The van der Waals surface area contributed by atoms with Gasteiger partial charge in [-0.2, -0.15) is 0 Å². The van der Waals surface area contributed by atoms with Crippen LogP contribution in [0.15, 0.2) is 16.6 Å². The first-order chi connectivity index (χ1) is 7.59. The summed E-state index contributed by atoms with van der Waals surface area (Å²) < 4.78 is 11.0. The van der Waals surface area contributed by atoms with Crippen molar-refractivity contribution in [3.05, 3.63) is 27.7 Å². The molecule has 3 N–H and O–H groups in total. The lowest BCUT2D eigenvalue weighted by Gasteiger charge is -2.20. The molecule has 0 bridgehead atoms. The number of carboxylic acids is 1. The van der Waals surface area contributed by atoms with E-state index in [9.17, 15) is 4.79 Å². The zero-order valence-electron chi connectivity index (χ0n) is 8.27. The Labute approximate surface area is 100 Å². The van der Waals surface area contributed by atoms with Crippen molar-refractivity contribution in [2.75, 3.05) is 6.79 Å². The minimum atomic E-state index is -1.08. The molecule has 1 aliphatic rings. The number of hydrogen-bond donors (Lipinski definition) is 2. The second kappa shape index (κ2) is 4.40. The summed E-state index contributed by atoms with van der Waals surface area (Å²) in [6.07, 6.45) is 0. The first kappa shape index (κ1) is 11.4. The molecule has 86 valence electrons. The number of fused-ring (bicyclic) bond motifs is 1. The number of carbonyl (C=O) groups is 1. The molecule has 0 amide bonds. The van der Waals surface area contributed by atoms with Crippen LogP contribution < -0.4 is 10.5 Å². The van der Waals surface area contributed by atoms with Crippen molar-refractivity contribution >= 4 is 21.9 Å².